The smallest absolute Gasteiger partial charge is 0.126 e. The molecule has 0 spiro atoms. The molecule has 2 heteroatoms. The minimum absolute atomic E-state index is 0.152. The Morgan fingerprint density at radius 1 is 1.18 bits per heavy atom. The highest BCUT2D eigenvalue weighted by Gasteiger charge is 2.05. The highest BCUT2D eigenvalue weighted by atomic mass is 32.1. The van der Waals surface area contributed by atoms with Gasteiger partial charge in [-0.25, -0.2) is 4.39 Å². The number of thiophene rings is 1. The van der Waals surface area contributed by atoms with Crippen molar-refractivity contribution in [1.29, 1.82) is 0 Å². The second-order valence-electron chi connectivity index (χ2n) is 3.94. The topological polar surface area (TPSA) is 0 Å². The lowest BCUT2D eigenvalue weighted by Crippen LogP contribution is -1.89. The largest absolute Gasteiger partial charge is 0.207 e. The fraction of sp³-hybridized carbons (Fsp3) is 0.0667. The number of hydrogen-bond donors (Lipinski definition) is 0. The van der Waals surface area contributed by atoms with Gasteiger partial charge in [-0.2, -0.15) is 0 Å². The molecule has 0 saturated heterocycles. The summed E-state index contributed by atoms with van der Waals surface area (Å²) in [5.41, 5.74) is 0.707. The predicted molar refractivity (Wildman–Crippen MR) is 69.9 cm³/mol. The first-order valence-electron chi connectivity index (χ1n) is 5.45. The Kier molecular flexibility index (Phi) is 2.65. The molecule has 3 aromatic rings. The Labute approximate surface area is 103 Å². The van der Waals surface area contributed by atoms with Crippen LogP contribution in [0, 0.1) is 11.9 Å². The summed E-state index contributed by atoms with van der Waals surface area (Å²) in [6.45, 7) is 0. The van der Waals surface area contributed by atoms with E-state index in [0.717, 1.165) is 0 Å². The lowest BCUT2D eigenvalue weighted by Gasteiger charge is -1.99. The van der Waals surface area contributed by atoms with Crippen LogP contribution in [0.15, 0.2) is 48.5 Å². The summed E-state index contributed by atoms with van der Waals surface area (Å²) in [5, 5.41) is 1.23. The van der Waals surface area contributed by atoms with Crippen molar-refractivity contribution < 1.29 is 4.39 Å². The summed E-state index contributed by atoms with van der Waals surface area (Å²) in [7, 11) is 0. The van der Waals surface area contributed by atoms with E-state index in [1.807, 2.05) is 12.1 Å². The lowest BCUT2D eigenvalue weighted by atomic mass is 10.1. The average Bonchev–Trinajstić information content (AvgIpc) is 2.74. The van der Waals surface area contributed by atoms with Gasteiger partial charge in [-0.1, -0.05) is 24.3 Å². The molecule has 0 aliphatic rings. The van der Waals surface area contributed by atoms with Crippen molar-refractivity contribution in [3.05, 3.63) is 70.9 Å². The van der Waals surface area contributed by atoms with E-state index in [2.05, 4.69) is 24.3 Å². The predicted octanol–water partition coefficient (Wildman–Crippen LogP) is 4.43. The first kappa shape index (κ1) is 10.5. The number of rotatable bonds is 2. The summed E-state index contributed by atoms with van der Waals surface area (Å²) in [5.74, 6) is -0.152. The maximum atomic E-state index is 13.5. The van der Waals surface area contributed by atoms with Gasteiger partial charge >= 0.3 is 0 Å². The highest BCUT2D eigenvalue weighted by Crippen LogP contribution is 2.27. The zero-order chi connectivity index (χ0) is 11.7. The third-order valence-corrected chi connectivity index (χ3v) is 3.85. The van der Waals surface area contributed by atoms with Gasteiger partial charge in [0, 0.05) is 16.0 Å². The summed E-state index contributed by atoms with van der Waals surface area (Å²) in [6.07, 6.45) is 0.641. The van der Waals surface area contributed by atoms with Gasteiger partial charge in [0.1, 0.15) is 5.82 Å². The standard InChI is InChI=1S/C15H10FS/c16-14-7-3-1-5-11(14)9-13-10-12-6-2-4-8-15(12)17-13/h2-8,10H,9H2. The van der Waals surface area contributed by atoms with Crippen molar-refractivity contribution in [3.63, 3.8) is 0 Å². The van der Waals surface area contributed by atoms with Crippen molar-refractivity contribution >= 4 is 21.4 Å². The van der Waals surface area contributed by atoms with Gasteiger partial charge in [-0.15, -0.1) is 11.3 Å². The van der Waals surface area contributed by atoms with Crippen LogP contribution in [-0.2, 0) is 6.42 Å². The van der Waals surface area contributed by atoms with E-state index in [4.69, 9.17) is 0 Å². The van der Waals surface area contributed by atoms with E-state index >= 15 is 0 Å². The minimum Gasteiger partial charge on any atom is -0.207 e. The van der Waals surface area contributed by atoms with E-state index in [1.165, 1.54) is 21.0 Å². The summed E-state index contributed by atoms with van der Waals surface area (Å²) < 4.78 is 14.8. The average molecular weight is 241 g/mol. The molecule has 0 aliphatic heterocycles. The molecule has 1 aromatic heterocycles. The van der Waals surface area contributed by atoms with Gasteiger partial charge in [0.2, 0.25) is 0 Å². The van der Waals surface area contributed by atoms with Crippen LogP contribution in [0.1, 0.15) is 10.4 Å². The number of benzene rings is 2. The van der Waals surface area contributed by atoms with Crippen LogP contribution in [0.3, 0.4) is 0 Å². The van der Waals surface area contributed by atoms with E-state index in [-0.39, 0.29) is 5.82 Å². The van der Waals surface area contributed by atoms with E-state index in [9.17, 15) is 4.39 Å². The van der Waals surface area contributed by atoms with E-state index in [0.29, 0.717) is 12.0 Å². The van der Waals surface area contributed by atoms with Gasteiger partial charge in [0.15, 0.2) is 0 Å². The second kappa shape index (κ2) is 4.30. The maximum Gasteiger partial charge on any atom is 0.126 e. The molecule has 1 heterocycles. The zero-order valence-electron chi connectivity index (χ0n) is 9.11. The van der Waals surface area contributed by atoms with Crippen LogP contribution in [0.25, 0.3) is 10.1 Å². The molecule has 83 valence electrons. The van der Waals surface area contributed by atoms with Crippen LogP contribution in [0.2, 0.25) is 0 Å². The highest BCUT2D eigenvalue weighted by molar-refractivity contribution is 7.19. The molecule has 0 atom stereocenters. The van der Waals surface area contributed by atoms with Crippen LogP contribution in [0.4, 0.5) is 4.39 Å². The maximum absolute atomic E-state index is 13.5. The van der Waals surface area contributed by atoms with Crippen molar-refractivity contribution in [2.45, 2.75) is 6.42 Å². The summed E-state index contributed by atoms with van der Waals surface area (Å²) in [4.78, 5) is 1.18. The first-order chi connectivity index (χ1) is 8.33. The Bertz CT molecular complexity index is 622. The van der Waals surface area contributed by atoms with Gasteiger partial charge in [0.25, 0.3) is 0 Å². The van der Waals surface area contributed by atoms with Gasteiger partial charge in [-0.05, 0) is 41.3 Å². The number of fused-ring (bicyclic) bond motifs is 1. The molecular weight excluding hydrogens is 231 g/mol. The molecule has 3 rings (SSSR count). The van der Waals surface area contributed by atoms with Crippen LogP contribution in [0.5, 0.6) is 0 Å². The summed E-state index contributed by atoms with van der Waals surface area (Å²) >= 11 is 1.72. The third kappa shape index (κ3) is 2.08. The Hall–Kier alpha value is -1.67. The fourth-order valence-corrected chi connectivity index (χ4v) is 2.98. The van der Waals surface area contributed by atoms with Crippen molar-refractivity contribution in [1.82, 2.24) is 0 Å². The van der Waals surface area contributed by atoms with Gasteiger partial charge in [0.05, 0.1) is 0 Å². The molecule has 2 aromatic carbocycles. The minimum atomic E-state index is -0.152. The molecule has 17 heavy (non-hydrogen) atoms. The molecule has 0 amide bonds. The van der Waals surface area contributed by atoms with Crippen molar-refractivity contribution in [2.75, 3.05) is 0 Å². The number of hydrogen-bond acceptors (Lipinski definition) is 1. The molecule has 0 N–H and O–H groups in total. The van der Waals surface area contributed by atoms with E-state index < -0.39 is 0 Å². The molecule has 0 bridgehead atoms. The quantitative estimate of drug-likeness (QED) is 0.622. The van der Waals surface area contributed by atoms with Crippen molar-refractivity contribution in [3.8, 4) is 0 Å². The van der Waals surface area contributed by atoms with Crippen LogP contribution in [-0.4, -0.2) is 0 Å². The third-order valence-electron chi connectivity index (χ3n) is 2.73. The molecule has 0 aliphatic carbocycles. The molecular formula is C15H10FS. The Balaban J connectivity index is 1.98. The van der Waals surface area contributed by atoms with Crippen LogP contribution >= 0.6 is 11.3 Å². The SMILES string of the molecule is Fc1cc[c]cc1Cc1cc2ccccc2s1. The Morgan fingerprint density at radius 3 is 2.88 bits per heavy atom. The van der Waals surface area contributed by atoms with Gasteiger partial charge < -0.3 is 0 Å². The fourth-order valence-electron chi connectivity index (χ4n) is 1.89. The Morgan fingerprint density at radius 2 is 2.06 bits per heavy atom. The monoisotopic (exact) mass is 241 g/mol. The zero-order valence-corrected chi connectivity index (χ0v) is 9.93. The van der Waals surface area contributed by atoms with Crippen LogP contribution < -0.4 is 0 Å². The van der Waals surface area contributed by atoms with Gasteiger partial charge in [-0.3, -0.25) is 0 Å². The second-order valence-corrected chi connectivity index (χ2v) is 5.11. The molecule has 1 radical (unpaired) electrons. The van der Waals surface area contributed by atoms with E-state index in [1.54, 1.807) is 23.5 Å². The molecule has 0 nitrogen and oxygen atoms in total. The normalized spacial score (nSPS) is 10.9. The first-order valence-corrected chi connectivity index (χ1v) is 6.26. The summed E-state index contributed by atoms with van der Waals surface area (Å²) in [6, 6.07) is 18.1. The lowest BCUT2D eigenvalue weighted by molar-refractivity contribution is 0.614. The van der Waals surface area contributed by atoms with Crippen molar-refractivity contribution in [2.24, 2.45) is 0 Å². The molecule has 0 fully saturated rings. The molecule has 0 saturated carbocycles. The molecule has 0 unspecified atom stereocenters. The number of halogens is 1.